The normalized spacial score (nSPS) is 18.3. The van der Waals surface area contributed by atoms with E-state index in [-0.39, 0.29) is 22.9 Å². The predicted octanol–water partition coefficient (Wildman–Crippen LogP) is 4.44. The number of Topliss-reactive ketones (excluding diaryl/α,β-unsaturated/α-hetero) is 3. The van der Waals surface area contributed by atoms with E-state index >= 15 is 0 Å². The number of phenols is 1. The van der Waals surface area contributed by atoms with E-state index in [1.54, 1.807) is 6.07 Å². The van der Waals surface area contributed by atoms with Crippen LogP contribution in [0.4, 0.5) is 8.78 Å². The number of carbonyl (C=O) groups is 3. The molecule has 9 heteroatoms. The first-order valence-electron chi connectivity index (χ1n) is 11.4. The number of carbonyl (C=O) groups excluding carboxylic acids is 3. The monoisotopic (exact) mass is 490 g/mol. The maximum Gasteiger partial charge on any atom is 0.170 e. The van der Waals surface area contributed by atoms with Gasteiger partial charge in [-0.05, 0) is 31.2 Å². The van der Waals surface area contributed by atoms with Crippen LogP contribution in [0.25, 0.3) is 0 Å². The Labute approximate surface area is 202 Å². The van der Waals surface area contributed by atoms with Gasteiger partial charge in [-0.2, -0.15) is 0 Å². The molecule has 3 heterocycles. The summed E-state index contributed by atoms with van der Waals surface area (Å²) in [6.45, 7) is 3.68. The van der Waals surface area contributed by atoms with Crippen molar-refractivity contribution in [1.82, 2.24) is 0 Å². The molecule has 0 aromatic heterocycles. The molecular weight excluding hydrogens is 462 g/mol. The zero-order valence-corrected chi connectivity index (χ0v) is 19.5. The highest BCUT2D eigenvalue weighted by atomic mass is 19.1. The number of aromatic hydroxyl groups is 1. The molecule has 0 amide bonds. The molecule has 1 spiro atoms. The van der Waals surface area contributed by atoms with E-state index in [4.69, 9.17) is 19.3 Å². The van der Waals surface area contributed by atoms with E-state index in [9.17, 15) is 23.2 Å². The lowest BCUT2D eigenvalue weighted by Gasteiger charge is -2.40. The van der Waals surface area contributed by atoms with E-state index in [0.717, 1.165) is 6.07 Å². The minimum absolute atomic E-state index is 0.0185. The van der Waals surface area contributed by atoms with Crippen LogP contribution in [0.2, 0.25) is 0 Å². The van der Waals surface area contributed by atoms with Crippen molar-refractivity contribution in [2.75, 3.05) is 26.4 Å². The molecule has 3 aliphatic heterocycles. The van der Waals surface area contributed by atoms with Crippen molar-refractivity contribution in [3.63, 3.8) is 0 Å². The zero-order valence-electron chi connectivity index (χ0n) is 19.5. The summed E-state index contributed by atoms with van der Waals surface area (Å²) in [5.74, 6) is -1.72. The van der Waals surface area contributed by atoms with Crippen molar-refractivity contribution in [2.24, 2.45) is 0 Å². The number of hydrogen-bond acceptors (Lipinski definition) is 7. The van der Waals surface area contributed by atoms with Crippen molar-refractivity contribution < 1.29 is 42.5 Å². The van der Waals surface area contributed by atoms with Crippen molar-refractivity contribution in [3.05, 3.63) is 59.2 Å². The number of phenolic OH excluding ortho intramolecular Hbond substituents is 1. The number of para-hydroxylation sites is 2. The van der Waals surface area contributed by atoms with Crippen LogP contribution in [-0.4, -0.2) is 54.5 Å². The van der Waals surface area contributed by atoms with Gasteiger partial charge in [-0.3, -0.25) is 14.4 Å². The Bertz CT molecular complexity index is 1070. The van der Waals surface area contributed by atoms with Gasteiger partial charge in [0.2, 0.25) is 0 Å². The third-order valence-corrected chi connectivity index (χ3v) is 5.89. The second-order valence-corrected chi connectivity index (χ2v) is 8.46. The SMILES string of the molecule is CC(=O)c1cccc(F)c1O.O=C1CC2(CCOCC2)Oc2c(F)cccc21.O=C1CCOCC1. The summed E-state index contributed by atoms with van der Waals surface area (Å²) < 4.78 is 42.2. The largest absolute Gasteiger partial charge is 0.504 e. The molecule has 3 aliphatic rings. The quantitative estimate of drug-likeness (QED) is 0.590. The lowest BCUT2D eigenvalue weighted by molar-refractivity contribution is -0.124. The van der Waals surface area contributed by atoms with Crippen LogP contribution in [0.3, 0.4) is 0 Å². The van der Waals surface area contributed by atoms with Gasteiger partial charge >= 0.3 is 0 Å². The van der Waals surface area contributed by atoms with Gasteiger partial charge in [0.05, 0.1) is 44.0 Å². The fraction of sp³-hybridized carbons (Fsp3) is 0.423. The van der Waals surface area contributed by atoms with Gasteiger partial charge in [-0.25, -0.2) is 8.78 Å². The van der Waals surface area contributed by atoms with Crippen LogP contribution >= 0.6 is 0 Å². The van der Waals surface area contributed by atoms with E-state index in [1.807, 2.05) is 0 Å². The molecule has 2 aromatic rings. The fourth-order valence-electron chi connectivity index (χ4n) is 3.89. The maximum absolute atomic E-state index is 13.7. The average molecular weight is 490 g/mol. The maximum atomic E-state index is 13.7. The fourth-order valence-corrected chi connectivity index (χ4v) is 3.89. The van der Waals surface area contributed by atoms with E-state index in [2.05, 4.69) is 0 Å². The summed E-state index contributed by atoms with van der Waals surface area (Å²) in [7, 11) is 0. The molecule has 0 saturated carbocycles. The Balaban J connectivity index is 0.000000163. The van der Waals surface area contributed by atoms with Crippen molar-refractivity contribution in [1.29, 1.82) is 0 Å². The molecule has 2 aromatic carbocycles. The third-order valence-electron chi connectivity index (χ3n) is 5.89. The van der Waals surface area contributed by atoms with Gasteiger partial charge in [0.25, 0.3) is 0 Å². The number of ether oxygens (including phenoxy) is 3. The minimum atomic E-state index is -0.766. The highest BCUT2D eigenvalue weighted by Crippen LogP contribution is 2.40. The number of halogens is 2. The van der Waals surface area contributed by atoms with Crippen LogP contribution in [0.5, 0.6) is 11.5 Å². The first kappa shape index (κ1) is 26.4. The number of benzene rings is 2. The molecule has 188 valence electrons. The molecule has 0 atom stereocenters. The predicted molar refractivity (Wildman–Crippen MR) is 122 cm³/mol. The average Bonchev–Trinajstić information content (AvgIpc) is 2.83. The number of rotatable bonds is 1. The van der Waals surface area contributed by atoms with Gasteiger partial charge < -0.3 is 19.3 Å². The first-order valence-corrected chi connectivity index (χ1v) is 11.4. The molecule has 0 radical (unpaired) electrons. The van der Waals surface area contributed by atoms with Gasteiger partial charge in [0.1, 0.15) is 11.4 Å². The summed E-state index contributed by atoms with van der Waals surface area (Å²) in [6.07, 6.45) is 2.87. The van der Waals surface area contributed by atoms with Crippen LogP contribution in [0.1, 0.15) is 59.7 Å². The van der Waals surface area contributed by atoms with Crippen LogP contribution in [-0.2, 0) is 14.3 Å². The van der Waals surface area contributed by atoms with Crippen LogP contribution < -0.4 is 4.74 Å². The minimum Gasteiger partial charge on any atom is -0.504 e. The molecule has 0 bridgehead atoms. The summed E-state index contributed by atoms with van der Waals surface area (Å²) in [6, 6.07) is 8.34. The van der Waals surface area contributed by atoms with Crippen molar-refractivity contribution >= 4 is 17.3 Å². The molecule has 5 rings (SSSR count). The molecule has 2 saturated heterocycles. The second-order valence-electron chi connectivity index (χ2n) is 8.46. The Morgan fingerprint density at radius 1 is 0.914 bits per heavy atom. The highest BCUT2D eigenvalue weighted by Gasteiger charge is 2.42. The Morgan fingerprint density at radius 3 is 2.09 bits per heavy atom. The highest BCUT2D eigenvalue weighted by molar-refractivity contribution is 6.00. The topological polar surface area (TPSA) is 99.1 Å². The van der Waals surface area contributed by atoms with Gasteiger partial charge in [0, 0.05) is 25.7 Å². The Hall–Kier alpha value is -3.17. The van der Waals surface area contributed by atoms with E-state index < -0.39 is 23.0 Å². The Kier molecular flexibility index (Phi) is 9.06. The van der Waals surface area contributed by atoms with Gasteiger partial charge in [-0.15, -0.1) is 0 Å². The van der Waals surface area contributed by atoms with Crippen molar-refractivity contribution in [2.45, 2.75) is 44.6 Å². The summed E-state index contributed by atoms with van der Waals surface area (Å²) in [5, 5.41) is 8.97. The standard InChI is InChI=1S/C13H13FO3.C8H7FO2.C5H8O2/c14-10-3-1-2-9-11(15)8-13(17-12(9)10)4-6-16-7-5-13;1-5(10)6-3-2-4-7(9)8(6)11;6-5-1-3-7-4-2-5/h1-3H,4-8H2;2-4,11H,1H3;1-4H2. The molecule has 1 N–H and O–H groups in total. The van der Waals surface area contributed by atoms with E-state index in [1.165, 1.54) is 31.2 Å². The molecule has 35 heavy (non-hydrogen) atoms. The van der Waals surface area contributed by atoms with Crippen LogP contribution in [0, 0.1) is 11.6 Å². The van der Waals surface area contributed by atoms with Crippen LogP contribution in [0.15, 0.2) is 36.4 Å². The molecule has 0 unspecified atom stereocenters. The Morgan fingerprint density at radius 2 is 1.51 bits per heavy atom. The van der Waals surface area contributed by atoms with Crippen molar-refractivity contribution in [3.8, 4) is 11.5 Å². The van der Waals surface area contributed by atoms with Gasteiger partial charge in [0.15, 0.2) is 34.7 Å². The van der Waals surface area contributed by atoms with Gasteiger partial charge in [-0.1, -0.05) is 12.1 Å². The number of ketones is 3. The third kappa shape index (κ3) is 6.93. The molecule has 7 nitrogen and oxygen atoms in total. The summed E-state index contributed by atoms with van der Waals surface area (Å²) in [4.78, 5) is 33.1. The summed E-state index contributed by atoms with van der Waals surface area (Å²) >= 11 is 0. The molecule has 0 aliphatic carbocycles. The number of fused-ring (bicyclic) bond motifs is 1. The number of hydrogen-bond donors (Lipinski definition) is 1. The summed E-state index contributed by atoms with van der Waals surface area (Å²) in [5.41, 5.74) is -0.169. The lowest BCUT2D eigenvalue weighted by Crippen LogP contribution is -2.46. The second kappa shape index (κ2) is 12.0. The van der Waals surface area contributed by atoms with E-state index in [0.29, 0.717) is 69.9 Å². The smallest absolute Gasteiger partial charge is 0.170 e. The first-order chi connectivity index (χ1) is 16.7. The molecular formula is C26H28F2O7. The lowest BCUT2D eigenvalue weighted by atomic mass is 9.84. The zero-order chi connectivity index (χ0) is 25.4. The molecule has 2 fully saturated rings.